The number of amides is 7. The normalized spacial score (nSPS) is 27.4. The molecule has 0 unspecified atom stereocenters. The maximum atomic E-state index is 16.2. The van der Waals surface area contributed by atoms with Crippen LogP contribution in [0.5, 0.6) is 46.0 Å². The van der Waals surface area contributed by atoms with Crippen LogP contribution in [-0.4, -0.2) is 190 Å². The fourth-order valence-electron chi connectivity index (χ4n) is 14.5. The highest BCUT2D eigenvalue weighted by atomic mass is 35.5. The second-order valence-electron chi connectivity index (χ2n) is 29.8. The van der Waals surface area contributed by atoms with E-state index in [1.165, 1.54) is 23.3 Å². The number of unbranched alkanes of at least 4 members (excludes halogenated alkanes) is 4. The van der Waals surface area contributed by atoms with Crippen LogP contribution >= 0.6 is 23.2 Å². The number of aliphatic hydroxyl groups excluding tert-OH is 6. The Labute approximate surface area is 663 Å². The van der Waals surface area contributed by atoms with Gasteiger partial charge in [0.1, 0.15) is 89.5 Å². The number of aliphatic hydroxyl groups is 6. The molecule has 18 atom stereocenters. The number of nitrogens with two attached hydrogens (primary N) is 2. The van der Waals surface area contributed by atoms with E-state index in [2.05, 4.69) is 61.5 Å². The van der Waals surface area contributed by atoms with Crippen molar-refractivity contribution in [3.8, 4) is 57.1 Å². The number of carboxylic acids is 1. The largest absolute Gasteiger partial charge is 0.508 e. The summed E-state index contributed by atoms with van der Waals surface area (Å²) >= 11 is 14.2. The number of primary amides is 1. The van der Waals surface area contributed by atoms with E-state index >= 15 is 14.4 Å². The van der Waals surface area contributed by atoms with Crippen LogP contribution in [0, 0.1) is 12.8 Å². The first-order valence-corrected chi connectivity index (χ1v) is 37.9. The standard InChI is InChI=1S/C79H93Cl2N9O24/c1-34(2)23-47(82)71(101)89-62-64(96)39-17-20-51(45(80)25-39)110-53-27-41-28-54(68(53)114-78-69(67(99)66(98)55(33-91)112-78)113-57-32-79(5,70(100)36(4)109-57)84-22-10-8-6-7-9-11-37-14-12-35(3)13-15-37)111-52-21-18-40(26-46(52)81)65(97)63-76(106)88-61(77(107)108)44-29-42(92)30-50(94)58(44)43-24-38(16-19-49(43)93)59(73(103)90-63)87-74(104)60(41)86-72(102)48(31-56(83)95)85-75(62)105/h12-21,24-30,34,36,47-48,55,57,59-67,69-70,78,84,91-94,96-100H,6-11,22-23,31-33,82H2,1-5H3,(H2,83,95)(H,85,105)(H,86,102)(H,87,104)(H,88,106)(H,89,101)(H,90,103)(H,107,108)/t36-,47+,48-,55+,57-,59+,60+,61-,62+,63-,64+,65+,66+,67-,69+,70+,78-,79-/m0/s1. The Morgan fingerprint density at radius 1 is 0.675 bits per heavy atom. The van der Waals surface area contributed by atoms with Crippen LogP contribution in [0.15, 0.2) is 103 Å². The van der Waals surface area contributed by atoms with E-state index < -0.39 is 231 Å². The summed E-state index contributed by atoms with van der Waals surface area (Å²) in [7, 11) is 0. The van der Waals surface area contributed by atoms with Gasteiger partial charge in [-0.05, 0) is 141 Å². The number of fused-ring (bicyclic) bond motifs is 15. The van der Waals surface area contributed by atoms with Crippen LogP contribution in [0.25, 0.3) is 11.1 Å². The minimum atomic E-state index is -2.36. The molecule has 0 radical (unpaired) electrons. The molecule has 11 bridgehead atoms. The highest BCUT2D eigenvalue weighted by Crippen LogP contribution is 2.50. The van der Waals surface area contributed by atoms with Gasteiger partial charge in [-0.2, -0.15) is 0 Å². The molecule has 7 aliphatic rings. The van der Waals surface area contributed by atoms with Crippen molar-refractivity contribution in [2.75, 3.05) is 13.2 Å². The Bertz CT molecular complexity index is 4600. The van der Waals surface area contributed by atoms with Crippen LogP contribution in [0.2, 0.25) is 10.0 Å². The minimum Gasteiger partial charge on any atom is -0.508 e. The third-order valence-corrected chi connectivity index (χ3v) is 21.3. The number of nitrogens with one attached hydrogen (secondary N) is 7. The maximum Gasteiger partial charge on any atom is 0.330 e. The maximum absolute atomic E-state index is 16.2. The quantitative estimate of drug-likeness (QED) is 0.0453. The van der Waals surface area contributed by atoms with E-state index in [-0.39, 0.29) is 52.0 Å². The lowest BCUT2D eigenvalue weighted by Gasteiger charge is -2.48. The molecule has 0 aromatic heterocycles. The number of halogens is 2. The molecule has 0 saturated carbocycles. The number of hydrogen-bond donors (Lipinski definition) is 19. The molecule has 35 heteroatoms. The van der Waals surface area contributed by atoms with Crippen molar-refractivity contribution in [2.45, 2.75) is 202 Å². The average molecular weight is 1620 g/mol. The van der Waals surface area contributed by atoms with Gasteiger partial charge in [0.15, 0.2) is 29.9 Å². The van der Waals surface area contributed by atoms with E-state index in [1.54, 1.807) is 27.7 Å². The van der Waals surface area contributed by atoms with Gasteiger partial charge >= 0.3 is 5.97 Å². The summed E-state index contributed by atoms with van der Waals surface area (Å²) in [6, 6.07) is 7.49. The van der Waals surface area contributed by atoms with Gasteiger partial charge in [0, 0.05) is 34.7 Å². The van der Waals surface area contributed by atoms with E-state index in [0.29, 0.717) is 6.54 Å². The second-order valence-corrected chi connectivity index (χ2v) is 30.6. The van der Waals surface area contributed by atoms with Gasteiger partial charge in [-0.1, -0.05) is 104 Å². The summed E-state index contributed by atoms with van der Waals surface area (Å²) < 4.78 is 39.4. The summed E-state index contributed by atoms with van der Waals surface area (Å²) in [6.45, 7) is 8.44. The third-order valence-electron chi connectivity index (χ3n) is 20.7. The summed E-state index contributed by atoms with van der Waals surface area (Å²) in [5, 5.41) is 133. The Morgan fingerprint density at radius 3 is 1.92 bits per heavy atom. The first kappa shape index (κ1) is 84.9. The number of carbonyl (C=O) groups excluding carboxylic acids is 7. The molecule has 6 aromatic carbocycles. The smallest absolute Gasteiger partial charge is 0.330 e. The van der Waals surface area contributed by atoms with Gasteiger partial charge in [-0.15, -0.1) is 0 Å². The lowest BCUT2D eigenvalue weighted by Crippen LogP contribution is -2.65. The van der Waals surface area contributed by atoms with Gasteiger partial charge in [0.25, 0.3) is 0 Å². The van der Waals surface area contributed by atoms with E-state index in [1.807, 2.05) is 6.92 Å². The highest BCUT2D eigenvalue weighted by Gasteiger charge is 2.52. The molecule has 0 spiro atoms. The molecule has 6 aromatic rings. The average Bonchev–Trinajstić information content (AvgIpc) is 0.730. The zero-order valence-electron chi connectivity index (χ0n) is 62.6. The summed E-state index contributed by atoms with van der Waals surface area (Å²) in [4.78, 5) is 117. The number of carboxylic acid groups (broad SMARTS) is 1. The number of benzene rings is 6. The van der Waals surface area contributed by atoms with Crippen LogP contribution in [0.1, 0.15) is 148 Å². The lowest BCUT2D eigenvalue weighted by molar-refractivity contribution is -0.334. The molecule has 21 N–H and O–H groups in total. The van der Waals surface area contributed by atoms with Crippen LogP contribution in [-0.2, 0) is 59.0 Å². The molecule has 7 heterocycles. The van der Waals surface area contributed by atoms with Crippen LogP contribution in [0.4, 0.5) is 0 Å². The SMILES string of the molecule is Cc1ccc(CCCCCCCN[C@@]2(C)C[C@H](O[C@H]3[C@H](Oc4c5cc6cc4Oc4ccc(cc4Cl)[C@@H](O)[C@@H](NC(=O)[C@H](N)CC(C)C)C(=O)N[C@@H](CC(N)=O)C(=O)N[C@H]6C(=O)N[C@H]4C(=O)N[C@H](C(=O)N[C@H](C(=O)O)c6cc(O)cc(O)c6-c6cc4ccc6O)[C@H](O)c4ccc(c(Cl)c4)O5)O[C@H](CO)[C@@H](O)[C@@H]3O)O[C@@H](C)[C@H]2O)cc1. The first-order valence-electron chi connectivity index (χ1n) is 37.2. The number of aliphatic carboxylic acids is 1. The number of carbonyl (C=O) groups is 8. The van der Waals surface area contributed by atoms with Gasteiger partial charge in [0.2, 0.25) is 53.4 Å². The molecule has 2 fully saturated rings. The zero-order valence-corrected chi connectivity index (χ0v) is 64.1. The highest BCUT2D eigenvalue weighted by molar-refractivity contribution is 6.32. The summed E-state index contributed by atoms with van der Waals surface area (Å²) in [5.74, 6) is -16.2. The molecular formula is C79H93Cl2N9O24. The number of ether oxygens (including phenoxy) is 6. The van der Waals surface area contributed by atoms with Crippen molar-refractivity contribution >= 4 is 70.5 Å². The predicted molar refractivity (Wildman–Crippen MR) is 406 cm³/mol. The van der Waals surface area contributed by atoms with Crippen molar-refractivity contribution < 1.29 is 118 Å². The Morgan fingerprint density at radius 2 is 1.29 bits per heavy atom. The minimum absolute atomic E-state index is 0.0746. The zero-order chi connectivity index (χ0) is 82.5. The lowest BCUT2D eigenvalue weighted by atomic mass is 9.84. The Hall–Kier alpha value is -9.98. The second kappa shape index (κ2) is 36.2. The van der Waals surface area contributed by atoms with Gasteiger partial charge in [0.05, 0.1) is 41.3 Å². The van der Waals surface area contributed by atoms with Crippen molar-refractivity contribution in [1.29, 1.82) is 0 Å². The summed E-state index contributed by atoms with van der Waals surface area (Å²) in [5.41, 5.74) is 10.5. The Kier molecular flexibility index (Phi) is 27.0. The number of phenolic OH excluding ortho intramolecular Hbond substituents is 3. The predicted octanol–water partition coefficient (Wildman–Crippen LogP) is 3.98. The van der Waals surface area contributed by atoms with Crippen molar-refractivity contribution in [1.82, 2.24) is 37.2 Å². The fourth-order valence-corrected chi connectivity index (χ4v) is 15.0. The molecule has 7 aliphatic heterocycles. The first-order chi connectivity index (χ1) is 54.1. The molecule has 2 saturated heterocycles. The number of phenols is 3. The molecule has 0 aliphatic carbocycles. The van der Waals surface area contributed by atoms with Crippen molar-refractivity contribution in [3.05, 3.63) is 152 Å². The molecule has 114 heavy (non-hydrogen) atoms. The number of hydrogen-bond acceptors (Lipinski definition) is 25. The summed E-state index contributed by atoms with van der Waals surface area (Å²) in [6.07, 6.45) is -12.9. The van der Waals surface area contributed by atoms with Crippen LogP contribution in [0.3, 0.4) is 0 Å². The topological polar surface area (TPSA) is 530 Å². The van der Waals surface area contributed by atoms with E-state index in [9.17, 15) is 75.0 Å². The number of rotatable bonds is 21. The molecule has 7 amide bonds. The van der Waals surface area contributed by atoms with Gasteiger partial charge < -0.3 is 128 Å². The van der Waals surface area contributed by atoms with Gasteiger partial charge in [-0.25, -0.2) is 4.79 Å². The van der Waals surface area contributed by atoms with Crippen molar-refractivity contribution in [2.24, 2.45) is 17.4 Å². The van der Waals surface area contributed by atoms with Gasteiger partial charge in [-0.3, -0.25) is 33.6 Å². The third kappa shape index (κ3) is 19.3. The fraction of sp³-hybridized carbons (Fsp3) is 0.443. The number of aromatic hydroxyl groups is 3. The molecule has 612 valence electrons. The monoisotopic (exact) mass is 1620 g/mol. The Balaban J connectivity index is 1.07. The van der Waals surface area contributed by atoms with Crippen LogP contribution < -0.4 is 62.9 Å². The molecular weight excluding hydrogens is 1530 g/mol. The van der Waals surface area contributed by atoms with E-state index in [4.69, 9.17) is 63.1 Å². The van der Waals surface area contributed by atoms with Crippen molar-refractivity contribution in [3.63, 3.8) is 0 Å². The molecule has 33 nitrogen and oxygen atoms in total. The van der Waals surface area contributed by atoms with E-state index in [0.717, 1.165) is 105 Å². The molecule has 13 rings (SSSR count). The number of aryl methyl sites for hydroxylation is 2.